The van der Waals surface area contributed by atoms with Crippen LogP contribution >= 0.6 is 0 Å². The van der Waals surface area contributed by atoms with Gasteiger partial charge in [0.25, 0.3) is 0 Å². The minimum atomic E-state index is 0.0973. The van der Waals surface area contributed by atoms with Gasteiger partial charge in [-0.25, -0.2) is 4.68 Å². The number of aryl methyl sites for hydroxylation is 2. The Bertz CT molecular complexity index is 638. The highest BCUT2D eigenvalue weighted by molar-refractivity contribution is 5.11. The molecule has 1 aliphatic heterocycles. The number of rotatable bonds is 7. The second kappa shape index (κ2) is 7.87. The number of nitrogens with one attached hydrogen (secondary N) is 1. The Labute approximate surface area is 142 Å². The third kappa shape index (κ3) is 3.50. The van der Waals surface area contributed by atoms with Crippen LogP contribution in [0.5, 0.6) is 0 Å². The van der Waals surface area contributed by atoms with Crippen molar-refractivity contribution < 1.29 is 4.74 Å². The van der Waals surface area contributed by atoms with Crippen molar-refractivity contribution >= 4 is 0 Å². The van der Waals surface area contributed by atoms with Gasteiger partial charge in [0.05, 0.1) is 36.3 Å². The van der Waals surface area contributed by atoms with Gasteiger partial charge in [-0.15, -0.1) is 5.10 Å². The molecule has 1 saturated heterocycles. The zero-order chi connectivity index (χ0) is 16.9. The van der Waals surface area contributed by atoms with Gasteiger partial charge in [0.15, 0.2) is 0 Å². The molecule has 1 N–H and O–H groups in total. The second-order valence-corrected chi connectivity index (χ2v) is 6.03. The molecule has 0 saturated carbocycles. The molecule has 0 bridgehead atoms. The van der Waals surface area contributed by atoms with E-state index in [4.69, 9.17) is 4.74 Å². The highest BCUT2D eigenvalue weighted by atomic mass is 16.5. The second-order valence-electron chi connectivity index (χ2n) is 6.03. The molecule has 2 aromatic rings. The molecule has 24 heavy (non-hydrogen) atoms. The normalized spacial score (nSPS) is 22.1. The van der Waals surface area contributed by atoms with Crippen molar-refractivity contribution in [2.24, 2.45) is 7.05 Å². The van der Waals surface area contributed by atoms with Gasteiger partial charge in [0.1, 0.15) is 0 Å². The summed E-state index contributed by atoms with van der Waals surface area (Å²) >= 11 is 0. The monoisotopic (exact) mass is 333 g/mol. The number of ether oxygens (including phenoxy) is 1. The Kier molecular flexibility index (Phi) is 5.60. The van der Waals surface area contributed by atoms with Crippen molar-refractivity contribution in [1.82, 2.24) is 35.0 Å². The molecule has 8 nitrogen and oxygen atoms in total. The summed E-state index contributed by atoms with van der Waals surface area (Å²) in [6.07, 6.45) is 3.77. The predicted octanol–water partition coefficient (Wildman–Crippen LogP) is 0.583. The largest absolute Gasteiger partial charge is 0.374 e. The van der Waals surface area contributed by atoms with E-state index in [-0.39, 0.29) is 12.1 Å². The van der Waals surface area contributed by atoms with E-state index < -0.39 is 0 Å². The summed E-state index contributed by atoms with van der Waals surface area (Å²) in [4.78, 5) is 2.46. The van der Waals surface area contributed by atoms with Crippen molar-refractivity contribution in [1.29, 1.82) is 0 Å². The first kappa shape index (κ1) is 17.1. The molecule has 0 spiro atoms. The SMILES string of the molecule is CCN1CCO[C@@H](CNCc2cnnn2CC)[C@@H]1c1ccnn1C. The lowest BCUT2D eigenvalue weighted by Crippen LogP contribution is -2.49. The van der Waals surface area contributed by atoms with Crippen LogP contribution in [0.15, 0.2) is 18.5 Å². The standard InChI is InChI=1S/C16H27N7O/c1-4-22-8-9-24-15(16(22)14-6-7-19-21(14)3)12-17-10-13-11-18-20-23(13)5-2/h6-7,11,15-17H,4-5,8-10,12H2,1-3H3/t15-,16-/m0/s1. The first-order chi connectivity index (χ1) is 11.7. The van der Waals surface area contributed by atoms with Crippen molar-refractivity contribution in [2.45, 2.75) is 39.1 Å². The molecule has 1 fully saturated rings. The molecular formula is C16H27N7O. The van der Waals surface area contributed by atoms with Gasteiger partial charge in [0, 0.05) is 39.4 Å². The Morgan fingerprint density at radius 2 is 2.21 bits per heavy atom. The fourth-order valence-corrected chi connectivity index (χ4v) is 3.39. The zero-order valence-electron chi connectivity index (χ0n) is 14.7. The fourth-order valence-electron chi connectivity index (χ4n) is 3.39. The predicted molar refractivity (Wildman–Crippen MR) is 90.3 cm³/mol. The van der Waals surface area contributed by atoms with Gasteiger partial charge in [-0.3, -0.25) is 9.58 Å². The van der Waals surface area contributed by atoms with Crippen LogP contribution in [0.3, 0.4) is 0 Å². The number of likely N-dealkylation sites (N-methyl/N-ethyl adjacent to an activating group) is 1. The summed E-state index contributed by atoms with van der Waals surface area (Å²) in [6, 6.07) is 2.31. The van der Waals surface area contributed by atoms with E-state index >= 15 is 0 Å². The summed E-state index contributed by atoms with van der Waals surface area (Å²) in [5.74, 6) is 0. The lowest BCUT2D eigenvalue weighted by molar-refractivity contribution is -0.0719. The third-order valence-corrected chi connectivity index (χ3v) is 4.67. The van der Waals surface area contributed by atoms with Gasteiger partial charge in [-0.2, -0.15) is 5.10 Å². The van der Waals surface area contributed by atoms with Gasteiger partial charge in [-0.05, 0) is 19.5 Å². The topological polar surface area (TPSA) is 73.0 Å². The summed E-state index contributed by atoms with van der Waals surface area (Å²) in [7, 11) is 1.99. The molecule has 0 amide bonds. The lowest BCUT2D eigenvalue weighted by atomic mass is 10.0. The highest BCUT2D eigenvalue weighted by Crippen LogP contribution is 2.28. The van der Waals surface area contributed by atoms with Gasteiger partial charge in [0.2, 0.25) is 0 Å². The Balaban J connectivity index is 1.67. The summed E-state index contributed by atoms with van der Waals surface area (Å²) in [5, 5.41) is 15.9. The molecule has 0 radical (unpaired) electrons. The smallest absolute Gasteiger partial charge is 0.0911 e. The molecule has 0 aromatic carbocycles. The first-order valence-electron chi connectivity index (χ1n) is 8.66. The first-order valence-corrected chi connectivity index (χ1v) is 8.66. The van der Waals surface area contributed by atoms with Crippen LogP contribution in [0, 0.1) is 0 Å². The number of morpholine rings is 1. The molecule has 2 atom stereocenters. The molecule has 0 aliphatic carbocycles. The maximum atomic E-state index is 6.09. The molecule has 2 aromatic heterocycles. The number of hydrogen-bond donors (Lipinski definition) is 1. The van der Waals surface area contributed by atoms with Crippen LogP contribution in [0.2, 0.25) is 0 Å². The van der Waals surface area contributed by atoms with Gasteiger partial charge >= 0.3 is 0 Å². The van der Waals surface area contributed by atoms with Crippen LogP contribution in [0.1, 0.15) is 31.3 Å². The Morgan fingerprint density at radius 1 is 1.33 bits per heavy atom. The molecule has 3 rings (SSSR count). The van der Waals surface area contributed by atoms with E-state index in [1.165, 1.54) is 5.69 Å². The number of nitrogens with zero attached hydrogens (tertiary/aromatic N) is 6. The fraction of sp³-hybridized carbons (Fsp3) is 0.688. The minimum Gasteiger partial charge on any atom is -0.374 e. The van der Waals surface area contributed by atoms with Gasteiger partial charge < -0.3 is 10.1 Å². The quantitative estimate of drug-likeness (QED) is 0.799. The van der Waals surface area contributed by atoms with Crippen molar-refractivity contribution in [3.8, 4) is 0 Å². The van der Waals surface area contributed by atoms with Gasteiger partial charge in [-0.1, -0.05) is 12.1 Å². The zero-order valence-corrected chi connectivity index (χ0v) is 14.7. The van der Waals surface area contributed by atoms with Crippen LogP contribution < -0.4 is 5.32 Å². The van der Waals surface area contributed by atoms with E-state index in [0.717, 1.165) is 45.0 Å². The minimum absolute atomic E-state index is 0.0973. The maximum absolute atomic E-state index is 6.09. The maximum Gasteiger partial charge on any atom is 0.0911 e. The van der Waals surface area contributed by atoms with E-state index in [1.54, 1.807) is 0 Å². The summed E-state index contributed by atoms with van der Waals surface area (Å²) in [5.41, 5.74) is 2.29. The van der Waals surface area contributed by atoms with Crippen molar-refractivity contribution in [3.63, 3.8) is 0 Å². The van der Waals surface area contributed by atoms with Crippen molar-refractivity contribution in [2.75, 3.05) is 26.2 Å². The van der Waals surface area contributed by atoms with E-state index in [9.17, 15) is 0 Å². The third-order valence-electron chi connectivity index (χ3n) is 4.67. The Hall–Kier alpha value is -1.77. The van der Waals surface area contributed by atoms with Crippen molar-refractivity contribution in [3.05, 3.63) is 29.8 Å². The molecule has 8 heteroatoms. The molecule has 1 aliphatic rings. The molecule has 132 valence electrons. The number of aromatic nitrogens is 5. The van der Waals surface area contributed by atoms with Crippen LogP contribution in [-0.4, -0.2) is 62.0 Å². The highest BCUT2D eigenvalue weighted by Gasteiger charge is 2.34. The average molecular weight is 333 g/mol. The molecule has 3 heterocycles. The van der Waals surface area contributed by atoms with Crippen LogP contribution in [-0.2, 0) is 24.9 Å². The van der Waals surface area contributed by atoms with Crippen LogP contribution in [0.4, 0.5) is 0 Å². The Morgan fingerprint density at radius 3 is 2.92 bits per heavy atom. The summed E-state index contributed by atoms with van der Waals surface area (Å²) < 4.78 is 9.95. The average Bonchev–Trinajstić information content (AvgIpc) is 3.23. The van der Waals surface area contributed by atoms with E-state index in [0.29, 0.717) is 0 Å². The lowest BCUT2D eigenvalue weighted by Gasteiger charge is -2.40. The van der Waals surface area contributed by atoms with Crippen LogP contribution in [0.25, 0.3) is 0 Å². The summed E-state index contributed by atoms with van der Waals surface area (Å²) in [6.45, 7) is 9.34. The molecule has 0 unspecified atom stereocenters. The number of hydrogen-bond acceptors (Lipinski definition) is 6. The van der Waals surface area contributed by atoms with E-state index in [2.05, 4.69) is 45.5 Å². The van der Waals surface area contributed by atoms with E-state index in [1.807, 2.05) is 28.8 Å². The molecular weight excluding hydrogens is 306 g/mol.